The molecule has 208 valence electrons. The van der Waals surface area contributed by atoms with Crippen LogP contribution < -0.4 is 5.73 Å². The fraction of sp³-hybridized carbons (Fsp3) is 0.560. The molecule has 2 aromatic heterocycles. The molecule has 0 aromatic carbocycles. The molecule has 1 radical (unpaired) electrons. The molecule has 2 N–H and O–H groups in total. The molecule has 6 nitrogen and oxygen atoms in total. The van der Waals surface area contributed by atoms with E-state index in [0.29, 0.717) is 15.2 Å². The van der Waals surface area contributed by atoms with Gasteiger partial charge in [0.2, 0.25) is 7.05 Å². The Morgan fingerprint density at radius 3 is 0.800 bits per heavy atom. The quantitative estimate of drug-likeness (QED) is 0.212. The third kappa shape index (κ3) is 245. The molecule has 0 spiro atoms. The maximum atomic E-state index is 5.83. The Labute approximate surface area is 261 Å². The molecular formula is C25H54I2N6V2. The van der Waals surface area contributed by atoms with Crippen LogP contribution in [0.5, 0.6) is 0 Å². The molecule has 0 bridgehead atoms. The van der Waals surface area contributed by atoms with E-state index < -0.39 is 0 Å². The number of hydrogen-bond donors (Lipinski definition) is 1. The van der Waals surface area contributed by atoms with Crippen molar-refractivity contribution in [3.63, 3.8) is 0 Å². The summed E-state index contributed by atoms with van der Waals surface area (Å²) in [6.07, 6.45) is 6.56. The number of halogens is 2. The van der Waals surface area contributed by atoms with E-state index in [4.69, 9.17) is 12.3 Å². The summed E-state index contributed by atoms with van der Waals surface area (Å²) in [6, 6.07) is 7.31. The normalized spacial score (nSPS) is 5.11. The fourth-order valence-electron chi connectivity index (χ4n) is 0.507. The van der Waals surface area contributed by atoms with Crippen molar-refractivity contribution in [2.24, 2.45) is 5.73 Å². The van der Waals surface area contributed by atoms with Crippen LogP contribution in [0.3, 0.4) is 0 Å². The largest absolute Gasteiger partial charge is 0.159 e. The minimum Gasteiger partial charge on any atom is -0.159 e. The Hall–Kier alpha value is -0.181. The summed E-state index contributed by atoms with van der Waals surface area (Å²) in [5, 5.41) is 14.1. The topological polar surface area (TPSA) is 81.9 Å². The van der Waals surface area contributed by atoms with Crippen LogP contribution in [0.4, 0.5) is 0 Å². The molecule has 0 saturated heterocycles. The van der Waals surface area contributed by atoms with Crippen LogP contribution in [-0.4, -0.2) is 27.4 Å². The second kappa shape index (κ2) is 129. The van der Waals surface area contributed by atoms with Gasteiger partial charge in [0.25, 0.3) is 0 Å². The van der Waals surface area contributed by atoms with E-state index in [9.17, 15) is 0 Å². The van der Waals surface area contributed by atoms with E-state index >= 15 is 0 Å². The van der Waals surface area contributed by atoms with Crippen LogP contribution in [0.15, 0.2) is 61.3 Å². The van der Waals surface area contributed by atoms with E-state index in [1.165, 1.54) is 7.05 Å². The first kappa shape index (κ1) is 64.7. The molecular weight excluding hydrogens is 740 g/mol. The van der Waals surface area contributed by atoms with Crippen molar-refractivity contribution in [2.75, 3.05) is 7.05 Å². The first-order valence-corrected chi connectivity index (χ1v) is 20.6. The standard InChI is InChI=1S/2C4H4N2.C3H7N.C2H3N.6C2H6.2HI.2V/c2*1-2-4-6-5-3-1;1-3(2)4;1-3-2;6*1-2;;;;/h2*1-4H;1,4H2,2H3;1H3;6*1-2H3;2*1H;;/q;;;;;;;;;;;;;+2/p-2. The van der Waals surface area contributed by atoms with Crippen LogP contribution >= 0.6 is 40.0 Å². The molecule has 0 unspecified atom stereocenters. The SMILES string of the molecule is C=C(C)N.CC.CC.CC.CC.CC.CC.[C-]#[N+]C.[I][V][I].[V].c1ccnnc1.c1ccnnc1. The average molecular weight is 794 g/mol. The maximum Gasteiger partial charge on any atom is 0.0496 e. The van der Waals surface area contributed by atoms with E-state index in [1.54, 1.807) is 31.7 Å². The molecule has 0 saturated carbocycles. The van der Waals surface area contributed by atoms with Gasteiger partial charge in [-0.25, -0.2) is 6.57 Å². The van der Waals surface area contributed by atoms with Crippen molar-refractivity contribution >= 4 is 40.0 Å². The Balaban J connectivity index is -0.0000000255. The van der Waals surface area contributed by atoms with E-state index in [0.717, 1.165) is 0 Å². The van der Waals surface area contributed by atoms with Crippen LogP contribution in [0.2, 0.25) is 0 Å². The average Bonchev–Trinajstić information content (AvgIpc) is 2.94. The molecule has 0 aliphatic carbocycles. The van der Waals surface area contributed by atoms with Gasteiger partial charge < -0.3 is 10.6 Å². The van der Waals surface area contributed by atoms with Gasteiger partial charge in [-0.05, 0) is 36.9 Å². The maximum absolute atomic E-state index is 5.83. The second-order valence-corrected chi connectivity index (χ2v) is 14.8. The van der Waals surface area contributed by atoms with Crippen molar-refractivity contribution in [3.8, 4) is 0 Å². The zero-order chi connectivity index (χ0) is 29.5. The zero-order valence-corrected chi connectivity index (χ0v) is 31.9. The molecule has 2 heterocycles. The zero-order valence-electron chi connectivity index (χ0n) is 24.8. The Kier molecular flexibility index (Phi) is 238. The van der Waals surface area contributed by atoms with Gasteiger partial charge >= 0.3 is 49.4 Å². The summed E-state index contributed by atoms with van der Waals surface area (Å²) in [5.41, 5.74) is 5.58. The molecule has 2 aromatic rings. The van der Waals surface area contributed by atoms with Crippen LogP contribution in [0, 0.1) is 6.57 Å². The van der Waals surface area contributed by atoms with Crippen molar-refractivity contribution in [3.05, 3.63) is 72.7 Å². The second-order valence-electron chi connectivity index (χ2n) is 2.96. The number of allylic oxidation sites excluding steroid dienone is 1. The smallest absolute Gasteiger partial charge is 0.0496 e. The van der Waals surface area contributed by atoms with Crippen molar-refractivity contribution < 1.29 is 28.0 Å². The number of nitrogens with zero attached hydrogens (tertiary/aromatic N) is 5. The monoisotopic (exact) mass is 794 g/mol. The first-order valence-electron chi connectivity index (χ1n) is 11.6. The van der Waals surface area contributed by atoms with Gasteiger partial charge in [0.05, 0.1) is 0 Å². The molecule has 0 amide bonds. The van der Waals surface area contributed by atoms with E-state index in [-0.39, 0.29) is 18.6 Å². The van der Waals surface area contributed by atoms with Gasteiger partial charge in [-0.2, -0.15) is 20.4 Å². The third-order valence-electron chi connectivity index (χ3n) is 0.966. The van der Waals surface area contributed by atoms with Gasteiger partial charge in [-0.3, -0.25) is 0 Å². The van der Waals surface area contributed by atoms with Gasteiger partial charge in [0, 0.05) is 43.3 Å². The molecule has 0 aliphatic rings. The van der Waals surface area contributed by atoms with Gasteiger partial charge in [-0.1, -0.05) is 89.7 Å². The van der Waals surface area contributed by atoms with Gasteiger partial charge in [0.1, 0.15) is 0 Å². The molecule has 10 heteroatoms. The Bertz CT molecular complexity index is 376. The Morgan fingerprint density at radius 2 is 0.771 bits per heavy atom. The molecule has 0 atom stereocenters. The number of rotatable bonds is 0. The number of hydrogen-bond acceptors (Lipinski definition) is 5. The first-order chi connectivity index (χ1) is 16.6. The Morgan fingerprint density at radius 1 is 0.686 bits per heavy atom. The third-order valence-corrected chi connectivity index (χ3v) is 0.966. The summed E-state index contributed by atoms with van der Waals surface area (Å²) >= 11 is 4.74. The minimum absolute atomic E-state index is 0. The van der Waals surface area contributed by atoms with E-state index in [1.807, 2.05) is 107 Å². The van der Waals surface area contributed by atoms with Crippen LogP contribution in [0.25, 0.3) is 4.85 Å². The van der Waals surface area contributed by atoms with Crippen LogP contribution in [-0.2, 0) is 28.0 Å². The van der Waals surface area contributed by atoms with Crippen molar-refractivity contribution in [1.29, 1.82) is 0 Å². The van der Waals surface area contributed by atoms with E-state index in [2.05, 4.69) is 71.8 Å². The summed E-state index contributed by atoms with van der Waals surface area (Å²) in [5.74, 6) is 0. The summed E-state index contributed by atoms with van der Waals surface area (Å²) < 4.78 is 0. The molecule has 0 aliphatic heterocycles. The molecule has 2 rings (SSSR count). The summed E-state index contributed by atoms with van der Waals surface area (Å²) in [4.78, 5) is 2.75. The van der Waals surface area contributed by atoms with Crippen LogP contribution in [0.1, 0.15) is 90.0 Å². The minimum atomic E-state index is 0. The van der Waals surface area contributed by atoms with Crippen molar-refractivity contribution in [1.82, 2.24) is 20.4 Å². The number of aromatic nitrogens is 4. The van der Waals surface area contributed by atoms with Gasteiger partial charge in [0.15, 0.2) is 0 Å². The molecule has 0 fully saturated rings. The summed E-state index contributed by atoms with van der Waals surface area (Å²) in [6.45, 7) is 34.9. The predicted molar refractivity (Wildman–Crippen MR) is 172 cm³/mol. The van der Waals surface area contributed by atoms with Crippen molar-refractivity contribution in [2.45, 2.75) is 90.0 Å². The van der Waals surface area contributed by atoms with Gasteiger partial charge in [-0.15, -0.1) is 0 Å². The fourth-order valence-corrected chi connectivity index (χ4v) is 0.507. The number of nitrogens with two attached hydrogens (primary N) is 1. The molecule has 35 heavy (non-hydrogen) atoms. The summed E-state index contributed by atoms with van der Waals surface area (Å²) in [7, 11) is 2.04. The predicted octanol–water partition coefficient (Wildman–Crippen LogP) is 9.89.